The first-order chi connectivity index (χ1) is 11.2. The van der Waals surface area contributed by atoms with Crippen molar-refractivity contribution in [3.8, 4) is 0 Å². The van der Waals surface area contributed by atoms with Gasteiger partial charge in [-0.1, -0.05) is 34.1 Å². The molecule has 4 heteroatoms. The fourth-order valence-electron chi connectivity index (χ4n) is 5.46. The topological polar surface area (TPSA) is 63.6 Å². The summed E-state index contributed by atoms with van der Waals surface area (Å²) < 4.78 is 5.73. The van der Waals surface area contributed by atoms with Crippen LogP contribution >= 0.6 is 0 Å². The highest BCUT2D eigenvalue weighted by Crippen LogP contribution is 2.65. The number of rotatable bonds is 1. The van der Waals surface area contributed by atoms with Crippen LogP contribution in [0.3, 0.4) is 0 Å². The lowest BCUT2D eigenvalue weighted by atomic mass is 9.49. The van der Waals surface area contributed by atoms with Gasteiger partial charge >= 0.3 is 5.97 Å². The molecule has 1 saturated heterocycles. The van der Waals surface area contributed by atoms with E-state index in [1.165, 1.54) is 0 Å². The van der Waals surface area contributed by atoms with Crippen LogP contribution in [0.1, 0.15) is 47.0 Å². The number of ketones is 1. The van der Waals surface area contributed by atoms with Crippen molar-refractivity contribution in [1.29, 1.82) is 0 Å². The molecule has 0 amide bonds. The number of fused-ring (bicyclic) bond motifs is 1. The molecule has 0 aromatic heterocycles. The molecule has 2 bridgehead atoms. The van der Waals surface area contributed by atoms with Crippen LogP contribution in [0.4, 0.5) is 0 Å². The van der Waals surface area contributed by atoms with Crippen molar-refractivity contribution in [2.24, 2.45) is 22.7 Å². The normalized spacial score (nSPS) is 36.9. The van der Waals surface area contributed by atoms with E-state index in [9.17, 15) is 14.7 Å². The predicted molar refractivity (Wildman–Crippen MR) is 89.1 cm³/mol. The van der Waals surface area contributed by atoms with Gasteiger partial charge in [0.25, 0.3) is 0 Å². The van der Waals surface area contributed by atoms with Crippen molar-refractivity contribution in [3.63, 3.8) is 0 Å². The SMILES string of the molecule is CC(C)C1=CC2=C[C@H]3OC(=O)[C@@]4(CCCC(C)(C)[C@H]34)C2=C(O)C1=O. The van der Waals surface area contributed by atoms with Crippen LogP contribution in [0, 0.1) is 22.7 Å². The molecular weight excluding hydrogens is 304 g/mol. The minimum atomic E-state index is -0.866. The smallest absolute Gasteiger partial charge is 0.317 e. The van der Waals surface area contributed by atoms with Crippen LogP contribution < -0.4 is 0 Å². The number of hydrogen-bond acceptors (Lipinski definition) is 4. The Morgan fingerprint density at radius 3 is 2.62 bits per heavy atom. The third kappa shape index (κ3) is 1.69. The third-order valence-corrected chi connectivity index (χ3v) is 6.43. The molecule has 0 unspecified atom stereocenters. The fourth-order valence-corrected chi connectivity index (χ4v) is 5.46. The molecule has 4 rings (SSSR count). The van der Waals surface area contributed by atoms with Gasteiger partial charge in [0.05, 0.1) is 0 Å². The van der Waals surface area contributed by atoms with Crippen LogP contribution in [-0.2, 0) is 14.3 Å². The van der Waals surface area contributed by atoms with Gasteiger partial charge in [-0.05, 0) is 41.9 Å². The number of aliphatic hydroxyl groups excluding tert-OH is 1. The van der Waals surface area contributed by atoms with E-state index in [2.05, 4.69) is 13.8 Å². The summed E-state index contributed by atoms with van der Waals surface area (Å²) in [5.74, 6) is -0.852. The van der Waals surface area contributed by atoms with Crippen LogP contribution in [0.25, 0.3) is 0 Å². The molecule has 3 atom stereocenters. The minimum Gasteiger partial charge on any atom is -0.504 e. The maximum absolute atomic E-state index is 12.9. The molecule has 1 N–H and O–H groups in total. The molecule has 4 nitrogen and oxygen atoms in total. The van der Waals surface area contributed by atoms with Crippen molar-refractivity contribution in [1.82, 2.24) is 0 Å². The second-order valence-corrected chi connectivity index (χ2v) is 8.59. The van der Waals surface area contributed by atoms with Gasteiger partial charge in [0.2, 0.25) is 5.78 Å². The fraction of sp³-hybridized carbons (Fsp3) is 0.600. The number of aliphatic hydroxyl groups is 1. The number of hydrogen-bond donors (Lipinski definition) is 1. The number of Topliss-reactive ketones (excluding diaryl/α,β-unsaturated/α-hetero) is 1. The molecule has 1 saturated carbocycles. The Kier molecular flexibility index (Phi) is 3.02. The molecular formula is C20H24O4. The zero-order chi connectivity index (χ0) is 17.4. The Bertz CT molecular complexity index is 750. The summed E-state index contributed by atoms with van der Waals surface area (Å²) in [6.07, 6.45) is 6.09. The summed E-state index contributed by atoms with van der Waals surface area (Å²) in [5.41, 5.74) is 0.985. The summed E-state index contributed by atoms with van der Waals surface area (Å²) >= 11 is 0. The van der Waals surface area contributed by atoms with Crippen LogP contribution in [0.2, 0.25) is 0 Å². The highest BCUT2D eigenvalue weighted by atomic mass is 16.6. The van der Waals surface area contributed by atoms with Crippen LogP contribution in [-0.4, -0.2) is 23.0 Å². The Morgan fingerprint density at radius 1 is 1.25 bits per heavy atom. The molecule has 0 aromatic carbocycles. The second kappa shape index (κ2) is 4.62. The monoisotopic (exact) mass is 328 g/mol. The first-order valence-corrected chi connectivity index (χ1v) is 8.83. The van der Waals surface area contributed by atoms with Gasteiger partial charge in [-0.3, -0.25) is 9.59 Å². The minimum absolute atomic E-state index is 0.0195. The van der Waals surface area contributed by atoms with Crippen molar-refractivity contribution in [2.45, 2.75) is 53.1 Å². The van der Waals surface area contributed by atoms with Gasteiger partial charge in [0, 0.05) is 17.1 Å². The van der Waals surface area contributed by atoms with Gasteiger partial charge in [-0.25, -0.2) is 0 Å². The standard InChI is InChI=1S/C20H24O4/c1-10(2)12-8-11-9-13-17-19(3,4)6-5-7-20(17,18(23)24-13)14(11)16(22)15(12)21/h8-10,13,17,22H,5-7H2,1-4H3/t13-,17+,20+/m1/s1. The average molecular weight is 328 g/mol. The lowest BCUT2D eigenvalue weighted by Crippen LogP contribution is -2.51. The van der Waals surface area contributed by atoms with Crippen molar-refractivity contribution >= 4 is 11.8 Å². The molecule has 128 valence electrons. The largest absolute Gasteiger partial charge is 0.504 e. The highest BCUT2D eigenvalue weighted by Gasteiger charge is 2.68. The van der Waals surface area contributed by atoms with Gasteiger partial charge in [0.15, 0.2) is 5.76 Å². The van der Waals surface area contributed by atoms with E-state index in [-0.39, 0.29) is 40.9 Å². The quantitative estimate of drug-likeness (QED) is 0.746. The lowest BCUT2D eigenvalue weighted by Gasteiger charge is -2.50. The van der Waals surface area contributed by atoms with Crippen molar-refractivity contribution in [3.05, 3.63) is 34.6 Å². The third-order valence-electron chi connectivity index (χ3n) is 6.43. The van der Waals surface area contributed by atoms with Crippen molar-refractivity contribution < 1.29 is 19.4 Å². The summed E-state index contributed by atoms with van der Waals surface area (Å²) in [7, 11) is 0. The van der Waals surface area contributed by atoms with Gasteiger partial charge in [-0.15, -0.1) is 0 Å². The highest BCUT2D eigenvalue weighted by molar-refractivity contribution is 6.11. The molecule has 0 spiro atoms. The van der Waals surface area contributed by atoms with E-state index in [0.717, 1.165) is 18.4 Å². The summed E-state index contributed by atoms with van der Waals surface area (Å²) in [5, 5.41) is 10.8. The zero-order valence-corrected chi connectivity index (χ0v) is 14.7. The number of ether oxygens (including phenoxy) is 1. The molecule has 0 aromatic rings. The van der Waals surface area contributed by atoms with Gasteiger partial charge in [-0.2, -0.15) is 0 Å². The Labute approximate surface area is 142 Å². The number of carbonyl (C=O) groups excluding carboxylic acids is 2. The zero-order valence-electron chi connectivity index (χ0n) is 14.7. The van der Waals surface area contributed by atoms with Crippen molar-refractivity contribution in [2.75, 3.05) is 0 Å². The van der Waals surface area contributed by atoms with E-state index in [1.807, 2.05) is 26.0 Å². The summed E-state index contributed by atoms with van der Waals surface area (Å²) in [6, 6.07) is 0. The summed E-state index contributed by atoms with van der Waals surface area (Å²) in [4.78, 5) is 25.6. The van der Waals surface area contributed by atoms with Crippen LogP contribution in [0.15, 0.2) is 34.6 Å². The second-order valence-electron chi connectivity index (χ2n) is 8.59. The molecule has 0 radical (unpaired) electrons. The van der Waals surface area contributed by atoms with Gasteiger partial charge in [0.1, 0.15) is 11.5 Å². The van der Waals surface area contributed by atoms with E-state index in [0.29, 0.717) is 17.6 Å². The Hall–Kier alpha value is -1.84. The Balaban J connectivity index is 1.98. The van der Waals surface area contributed by atoms with E-state index < -0.39 is 5.41 Å². The summed E-state index contributed by atoms with van der Waals surface area (Å²) in [6.45, 7) is 8.20. The molecule has 1 heterocycles. The molecule has 2 fully saturated rings. The first kappa shape index (κ1) is 15.7. The average Bonchev–Trinajstić information content (AvgIpc) is 2.70. The van der Waals surface area contributed by atoms with Gasteiger partial charge < -0.3 is 9.84 Å². The number of allylic oxidation sites excluding steroid dienone is 3. The predicted octanol–water partition coefficient (Wildman–Crippen LogP) is 3.64. The first-order valence-electron chi connectivity index (χ1n) is 8.83. The molecule has 1 aliphatic heterocycles. The molecule has 4 aliphatic rings. The molecule has 24 heavy (non-hydrogen) atoms. The van der Waals surface area contributed by atoms with Crippen LogP contribution in [0.5, 0.6) is 0 Å². The van der Waals surface area contributed by atoms with E-state index >= 15 is 0 Å². The molecule has 3 aliphatic carbocycles. The number of esters is 1. The Morgan fingerprint density at radius 2 is 1.96 bits per heavy atom. The number of carbonyl (C=O) groups is 2. The van der Waals surface area contributed by atoms with E-state index in [1.54, 1.807) is 0 Å². The maximum Gasteiger partial charge on any atom is 0.317 e. The van der Waals surface area contributed by atoms with E-state index in [4.69, 9.17) is 4.74 Å². The lowest BCUT2D eigenvalue weighted by molar-refractivity contribution is -0.147. The maximum atomic E-state index is 12.9.